The maximum atomic E-state index is 13.6. The number of aromatic carboxylic acids is 1. The number of benzene rings is 3. The number of hydrogen-bond acceptors (Lipinski definition) is 5. The van der Waals surface area contributed by atoms with Crippen LogP contribution >= 0.6 is 11.8 Å². The number of ether oxygens (including phenoxy) is 1. The topological polar surface area (TPSA) is 84.1 Å². The van der Waals surface area contributed by atoms with E-state index in [-0.39, 0.29) is 11.5 Å². The highest BCUT2D eigenvalue weighted by Gasteiger charge is 2.33. The number of carbonyl (C=O) groups is 2. The normalized spacial score (nSPS) is 15.5. The molecule has 0 radical (unpaired) electrons. The van der Waals surface area contributed by atoms with Crippen molar-refractivity contribution in [2.24, 2.45) is 4.99 Å². The third kappa shape index (κ3) is 5.34. The first-order valence-corrected chi connectivity index (χ1v) is 12.3. The zero-order valence-corrected chi connectivity index (χ0v) is 20.8. The molecule has 2 heterocycles. The third-order valence-corrected chi connectivity index (χ3v) is 6.83. The summed E-state index contributed by atoms with van der Waals surface area (Å²) in [6.07, 6.45) is 3.72. The number of amidine groups is 1. The van der Waals surface area contributed by atoms with Crippen LogP contribution in [-0.4, -0.2) is 38.7 Å². The average molecular weight is 510 g/mol. The number of nitrogens with zero attached hydrogens (tertiary/aromatic N) is 3. The van der Waals surface area contributed by atoms with Crippen molar-refractivity contribution in [2.75, 3.05) is 7.11 Å². The van der Waals surface area contributed by atoms with Crippen LogP contribution in [0.5, 0.6) is 5.75 Å². The zero-order chi connectivity index (χ0) is 25.8. The van der Waals surface area contributed by atoms with Gasteiger partial charge in [0, 0.05) is 17.6 Å². The minimum atomic E-state index is -0.975. The van der Waals surface area contributed by atoms with Crippen molar-refractivity contribution in [3.8, 4) is 11.4 Å². The number of carboxylic acids is 1. The SMILES string of the molecule is COc1ccc(CN2C(=O)/C(=C/c3cccn3-c3ccc(C(=O)O)cc3)SC2=Nc2ccccc2)cc1. The first-order chi connectivity index (χ1) is 18.0. The number of para-hydroxylation sites is 1. The minimum absolute atomic E-state index is 0.135. The molecule has 37 heavy (non-hydrogen) atoms. The molecule has 1 fully saturated rings. The summed E-state index contributed by atoms with van der Waals surface area (Å²) in [6.45, 7) is 0.372. The second-order valence-corrected chi connectivity index (χ2v) is 9.24. The fourth-order valence-corrected chi connectivity index (χ4v) is 4.89. The molecular weight excluding hydrogens is 486 g/mol. The van der Waals surface area contributed by atoms with Crippen molar-refractivity contribution in [2.45, 2.75) is 6.54 Å². The standard InChI is InChI=1S/C29H23N3O4S/c1-36-25-15-9-20(10-16-25)19-32-27(33)26(37-29(32)30-22-6-3-2-4-7-22)18-24-8-5-17-31(24)23-13-11-21(12-14-23)28(34)35/h2-18H,19H2,1H3,(H,34,35)/b26-18-,30-29?. The number of aromatic nitrogens is 1. The molecule has 0 saturated carbocycles. The van der Waals surface area contributed by atoms with E-state index in [2.05, 4.69) is 0 Å². The molecule has 0 aliphatic carbocycles. The molecular formula is C29H23N3O4S. The van der Waals surface area contributed by atoms with E-state index in [1.165, 1.54) is 11.8 Å². The Balaban J connectivity index is 1.48. The van der Waals surface area contributed by atoms with Crippen LogP contribution in [-0.2, 0) is 11.3 Å². The Bertz CT molecular complexity index is 1490. The number of thioether (sulfide) groups is 1. The van der Waals surface area contributed by atoms with Crippen molar-refractivity contribution in [1.29, 1.82) is 0 Å². The Morgan fingerprint density at radius 1 is 0.973 bits per heavy atom. The molecule has 0 unspecified atom stereocenters. The van der Waals surface area contributed by atoms with Gasteiger partial charge in [-0.15, -0.1) is 0 Å². The van der Waals surface area contributed by atoms with Crippen molar-refractivity contribution in [1.82, 2.24) is 9.47 Å². The van der Waals surface area contributed by atoms with E-state index in [1.807, 2.05) is 83.6 Å². The Kier molecular flexibility index (Phi) is 6.91. The van der Waals surface area contributed by atoms with Gasteiger partial charge in [-0.3, -0.25) is 9.69 Å². The molecule has 0 atom stereocenters. The van der Waals surface area contributed by atoms with Gasteiger partial charge in [-0.05, 0) is 84.1 Å². The number of carbonyl (C=O) groups excluding carboxylic acids is 1. The molecule has 1 saturated heterocycles. The zero-order valence-electron chi connectivity index (χ0n) is 19.9. The Morgan fingerprint density at radius 2 is 1.70 bits per heavy atom. The summed E-state index contributed by atoms with van der Waals surface area (Å²) in [6, 6.07) is 27.6. The van der Waals surface area contributed by atoms with E-state index in [9.17, 15) is 14.7 Å². The van der Waals surface area contributed by atoms with Gasteiger partial charge in [-0.25, -0.2) is 9.79 Å². The first kappa shape index (κ1) is 24.1. The van der Waals surface area contributed by atoms with Gasteiger partial charge in [-0.2, -0.15) is 0 Å². The van der Waals surface area contributed by atoms with E-state index in [4.69, 9.17) is 9.73 Å². The third-order valence-electron chi connectivity index (χ3n) is 5.82. The van der Waals surface area contributed by atoms with Crippen LogP contribution in [0.4, 0.5) is 5.69 Å². The predicted molar refractivity (Wildman–Crippen MR) is 145 cm³/mol. The van der Waals surface area contributed by atoms with Crippen LogP contribution < -0.4 is 4.74 Å². The molecule has 7 nitrogen and oxygen atoms in total. The van der Waals surface area contributed by atoms with Gasteiger partial charge >= 0.3 is 5.97 Å². The number of methoxy groups -OCH3 is 1. The molecule has 4 aromatic rings. The molecule has 5 rings (SSSR count). The molecule has 1 aromatic heterocycles. The lowest BCUT2D eigenvalue weighted by Gasteiger charge is -2.16. The largest absolute Gasteiger partial charge is 0.497 e. The predicted octanol–water partition coefficient (Wildman–Crippen LogP) is 5.99. The maximum absolute atomic E-state index is 13.6. The molecule has 184 valence electrons. The molecule has 8 heteroatoms. The van der Waals surface area contributed by atoms with Crippen molar-refractivity contribution >= 4 is 40.6 Å². The lowest BCUT2D eigenvalue weighted by atomic mass is 10.2. The molecule has 1 N–H and O–H groups in total. The molecule has 0 spiro atoms. The lowest BCUT2D eigenvalue weighted by molar-refractivity contribution is -0.122. The van der Waals surface area contributed by atoms with Crippen molar-refractivity contribution in [3.05, 3.63) is 119 Å². The number of hydrogen-bond donors (Lipinski definition) is 1. The van der Waals surface area contributed by atoms with Crippen molar-refractivity contribution < 1.29 is 19.4 Å². The molecule has 0 bridgehead atoms. The van der Waals surface area contributed by atoms with E-state index in [0.29, 0.717) is 16.6 Å². The molecule has 1 aliphatic heterocycles. The molecule has 3 aromatic carbocycles. The van der Waals surface area contributed by atoms with Crippen LogP contribution in [0, 0.1) is 0 Å². The average Bonchev–Trinajstić information content (AvgIpc) is 3.50. The maximum Gasteiger partial charge on any atom is 0.335 e. The van der Waals surface area contributed by atoms with Gasteiger partial charge in [0.1, 0.15) is 5.75 Å². The van der Waals surface area contributed by atoms with E-state index in [1.54, 1.807) is 36.3 Å². The van der Waals surface area contributed by atoms with E-state index in [0.717, 1.165) is 28.4 Å². The summed E-state index contributed by atoms with van der Waals surface area (Å²) in [5.41, 5.74) is 3.53. The first-order valence-electron chi connectivity index (χ1n) is 11.5. The van der Waals surface area contributed by atoms with Gasteiger partial charge in [0.05, 0.1) is 29.8 Å². The van der Waals surface area contributed by atoms with Gasteiger partial charge in [0.15, 0.2) is 5.17 Å². The van der Waals surface area contributed by atoms with Crippen LogP contribution in [0.15, 0.2) is 107 Å². The van der Waals surface area contributed by atoms with Gasteiger partial charge < -0.3 is 14.4 Å². The summed E-state index contributed by atoms with van der Waals surface area (Å²) in [5, 5.41) is 9.79. The monoisotopic (exact) mass is 509 g/mol. The Hall–Kier alpha value is -4.56. The molecule has 1 aliphatic rings. The highest BCUT2D eigenvalue weighted by Crippen LogP contribution is 2.35. The van der Waals surface area contributed by atoms with Gasteiger partial charge in [0.25, 0.3) is 5.91 Å². The van der Waals surface area contributed by atoms with Crippen LogP contribution in [0.3, 0.4) is 0 Å². The summed E-state index contributed by atoms with van der Waals surface area (Å²) >= 11 is 1.33. The summed E-state index contributed by atoms with van der Waals surface area (Å²) in [4.78, 5) is 31.8. The summed E-state index contributed by atoms with van der Waals surface area (Å²) in [7, 11) is 1.62. The fourth-order valence-electron chi connectivity index (χ4n) is 3.90. The van der Waals surface area contributed by atoms with Crippen molar-refractivity contribution in [3.63, 3.8) is 0 Å². The number of aliphatic imine (C=N–C) groups is 1. The van der Waals surface area contributed by atoms with E-state index < -0.39 is 5.97 Å². The fraction of sp³-hybridized carbons (Fsp3) is 0.0690. The Labute approximate surface area is 218 Å². The molecule has 1 amide bonds. The summed E-state index contributed by atoms with van der Waals surface area (Å²) in [5.74, 6) is -0.359. The number of carboxylic acid groups (broad SMARTS) is 1. The number of amides is 1. The van der Waals surface area contributed by atoms with Gasteiger partial charge in [0.2, 0.25) is 0 Å². The highest BCUT2D eigenvalue weighted by atomic mass is 32.2. The van der Waals surface area contributed by atoms with Crippen LogP contribution in [0.1, 0.15) is 21.6 Å². The second-order valence-electron chi connectivity index (χ2n) is 8.24. The quantitative estimate of drug-likeness (QED) is 0.310. The van der Waals surface area contributed by atoms with Gasteiger partial charge in [-0.1, -0.05) is 30.3 Å². The number of rotatable bonds is 7. The van der Waals surface area contributed by atoms with Crippen LogP contribution in [0.25, 0.3) is 11.8 Å². The Morgan fingerprint density at radius 3 is 2.38 bits per heavy atom. The smallest absolute Gasteiger partial charge is 0.335 e. The van der Waals surface area contributed by atoms with E-state index >= 15 is 0 Å². The lowest BCUT2D eigenvalue weighted by Crippen LogP contribution is -2.28. The summed E-state index contributed by atoms with van der Waals surface area (Å²) < 4.78 is 7.16. The van der Waals surface area contributed by atoms with Crippen LogP contribution in [0.2, 0.25) is 0 Å². The minimum Gasteiger partial charge on any atom is -0.497 e. The second kappa shape index (κ2) is 10.6. The highest BCUT2D eigenvalue weighted by molar-refractivity contribution is 8.18.